The molecule has 2 atom stereocenters. The number of esters is 1. The number of benzene rings is 2. The molecular formula is C33H34ClF5N8O3. The number of alkyl halides is 5. The van der Waals surface area contributed by atoms with E-state index < -0.39 is 66.7 Å². The lowest BCUT2D eigenvalue weighted by Gasteiger charge is -2.35. The molecule has 50 heavy (non-hydrogen) atoms. The topological polar surface area (TPSA) is 134 Å². The van der Waals surface area contributed by atoms with Crippen molar-refractivity contribution in [3.63, 3.8) is 0 Å². The van der Waals surface area contributed by atoms with Crippen molar-refractivity contribution in [1.29, 1.82) is 0 Å². The van der Waals surface area contributed by atoms with Crippen molar-refractivity contribution in [2.45, 2.75) is 64.2 Å². The summed E-state index contributed by atoms with van der Waals surface area (Å²) in [5.74, 6) is -2.73. The highest BCUT2D eigenvalue weighted by atomic mass is 35.5. The number of aliphatic imine (C=N–C) groups is 1. The number of nitrogens with zero attached hydrogens (tertiary/aromatic N) is 7. The Kier molecular flexibility index (Phi) is 10.1. The minimum atomic E-state index is -4.61. The van der Waals surface area contributed by atoms with Gasteiger partial charge in [-0.2, -0.15) is 23.4 Å². The quantitative estimate of drug-likeness (QED) is 0.135. The summed E-state index contributed by atoms with van der Waals surface area (Å²) in [5.41, 5.74) is 6.81. The van der Waals surface area contributed by atoms with E-state index in [4.69, 9.17) is 27.1 Å². The molecule has 0 fully saturated rings. The first-order chi connectivity index (χ1) is 23.4. The van der Waals surface area contributed by atoms with E-state index >= 15 is 0 Å². The van der Waals surface area contributed by atoms with Gasteiger partial charge in [-0.05, 0) is 40.7 Å². The van der Waals surface area contributed by atoms with Crippen LogP contribution < -0.4 is 5.73 Å². The summed E-state index contributed by atoms with van der Waals surface area (Å²) < 4.78 is 73.9. The second-order valence-corrected chi connectivity index (χ2v) is 13.5. The Morgan fingerprint density at radius 3 is 2.36 bits per heavy atom. The van der Waals surface area contributed by atoms with Gasteiger partial charge in [0.05, 0.1) is 35.8 Å². The normalized spacial score (nSPS) is 17.4. The van der Waals surface area contributed by atoms with Gasteiger partial charge in [0.25, 0.3) is 12.3 Å². The Labute approximate surface area is 288 Å². The van der Waals surface area contributed by atoms with Gasteiger partial charge in [-0.15, -0.1) is 0 Å². The lowest BCUT2D eigenvalue weighted by atomic mass is 9.75. The molecule has 3 heterocycles. The van der Waals surface area contributed by atoms with Crippen LogP contribution in [0.25, 0.3) is 16.8 Å². The third-order valence-electron chi connectivity index (χ3n) is 7.99. The van der Waals surface area contributed by atoms with Gasteiger partial charge in [0, 0.05) is 18.8 Å². The number of guanidine groups is 1. The Hall–Kier alpha value is -4.86. The Bertz CT molecular complexity index is 1900. The maximum atomic E-state index is 14.8. The van der Waals surface area contributed by atoms with E-state index in [2.05, 4.69) is 15.2 Å². The molecular weight excluding hydrogens is 687 g/mol. The largest absolute Gasteiger partial charge is 0.463 e. The molecule has 0 radical (unpaired) electrons. The highest BCUT2D eigenvalue weighted by molar-refractivity contribution is 6.32. The van der Waals surface area contributed by atoms with E-state index in [1.807, 2.05) is 39.1 Å². The van der Waals surface area contributed by atoms with Gasteiger partial charge in [0.2, 0.25) is 0 Å². The van der Waals surface area contributed by atoms with Crippen LogP contribution in [0.3, 0.4) is 0 Å². The molecule has 2 aromatic heterocycles. The Balaban J connectivity index is 1.58. The lowest BCUT2D eigenvalue weighted by molar-refractivity contribution is -0.158. The van der Waals surface area contributed by atoms with Crippen molar-refractivity contribution in [3.05, 3.63) is 83.2 Å². The third kappa shape index (κ3) is 7.79. The van der Waals surface area contributed by atoms with Crippen LogP contribution in [0.1, 0.15) is 69.5 Å². The highest BCUT2D eigenvalue weighted by Gasteiger charge is 2.53. The zero-order valence-corrected chi connectivity index (χ0v) is 28.2. The van der Waals surface area contributed by atoms with Crippen molar-refractivity contribution in [2.24, 2.45) is 23.2 Å². The molecule has 5 rings (SSSR count). The summed E-state index contributed by atoms with van der Waals surface area (Å²) in [6.45, 7) is 5.11. The third-order valence-corrected chi connectivity index (χ3v) is 8.31. The van der Waals surface area contributed by atoms with E-state index in [0.717, 1.165) is 27.0 Å². The minimum absolute atomic E-state index is 0.00718. The molecule has 17 heteroatoms. The number of carbonyl (C=O) groups excluding carboxylic acids is 2. The predicted molar refractivity (Wildman–Crippen MR) is 173 cm³/mol. The summed E-state index contributed by atoms with van der Waals surface area (Å²) in [6.07, 6.45) is -5.37. The fraction of sp³-hybridized carbons (Fsp3) is 0.394. The van der Waals surface area contributed by atoms with Gasteiger partial charge in [0.1, 0.15) is 12.9 Å². The molecule has 266 valence electrons. The number of carbonyl (C=O) groups is 2. The molecule has 1 aliphatic heterocycles. The van der Waals surface area contributed by atoms with Crippen LogP contribution in [0, 0.1) is 5.41 Å². The molecule has 0 unspecified atom stereocenters. The van der Waals surface area contributed by atoms with Crippen molar-refractivity contribution in [2.75, 3.05) is 6.61 Å². The zero-order valence-electron chi connectivity index (χ0n) is 27.5. The van der Waals surface area contributed by atoms with Crippen LogP contribution in [0.4, 0.5) is 22.0 Å². The number of nitrogens with two attached hydrogens (primary N) is 1. The van der Waals surface area contributed by atoms with Crippen LogP contribution in [0.2, 0.25) is 5.02 Å². The molecule has 0 saturated carbocycles. The van der Waals surface area contributed by atoms with Crippen molar-refractivity contribution in [3.8, 4) is 16.8 Å². The minimum Gasteiger partial charge on any atom is -0.463 e. The fourth-order valence-corrected chi connectivity index (χ4v) is 6.07. The summed E-state index contributed by atoms with van der Waals surface area (Å²) in [5, 5.41) is 8.06. The number of rotatable bonds is 11. The molecule has 0 aliphatic carbocycles. The number of aromatic nitrogens is 5. The number of amides is 1. The summed E-state index contributed by atoms with van der Waals surface area (Å²) in [7, 11) is 1.79. The second kappa shape index (κ2) is 13.8. The Morgan fingerprint density at radius 2 is 1.76 bits per heavy atom. The molecule has 11 nitrogen and oxygen atoms in total. The first-order valence-corrected chi connectivity index (χ1v) is 15.8. The van der Waals surface area contributed by atoms with Crippen molar-refractivity contribution >= 4 is 29.4 Å². The molecule has 2 aromatic carbocycles. The number of hydrogen-bond donors (Lipinski definition) is 1. The molecule has 1 amide bonds. The van der Waals surface area contributed by atoms with Crippen LogP contribution in [-0.4, -0.2) is 60.1 Å². The van der Waals surface area contributed by atoms with Crippen LogP contribution in [0.5, 0.6) is 0 Å². The molecule has 2 N–H and O–H groups in total. The smallest absolute Gasteiger partial charge is 0.389 e. The summed E-state index contributed by atoms with van der Waals surface area (Å²) >= 11 is 6.39. The van der Waals surface area contributed by atoms with E-state index in [1.165, 1.54) is 18.2 Å². The molecule has 4 aromatic rings. The highest BCUT2D eigenvalue weighted by Crippen LogP contribution is 2.45. The number of ether oxygens (including phenoxy) is 1. The van der Waals surface area contributed by atoms with E-state index in [9.17, 15) is 31.5 Å². The first-order valence-electron chi connectivity index (χ1n) is 15.4. The monoisotopic (exact) mass is 720 g/mol. The SMILES string of the molecule is Cn1cc(-c2ccc([C@@]3(CC(C)(C)C)N=C(N)N([C@H](COC(=O)CCC(F)(F)F)c4ccc(Cl)c(-n5ncnc5C(F)F)c4)C3=O)cc2)cn1. The lowest BCUT2D eigenvalue weighted by Crippen LogP contribution is -2.47. The van der Waals surface area contributed by atoms with Gasteiger partial charge < -0.3 is 10.5 Å². The van der Waals surface area contributed by atoms with E-state index in [1.54, 1.807) is 30.1 Å². The first kappa shape index (κ1) is 36.4. The van der Waals surface area contributed by atoms with Crippen LogP contribution >= 0.6 is 11.6 Å². The zero-order chi connectivity index (χ0) is 36.6. The second-order valence-electron chi connectivity index (χ2n) is 13.1. The maximum Gasteiger partial charge on any atom is 0.389 e. The van der Waals surface area contributed by atoms with Gasteiger partial charge in [-0.3, -0.25) is 19.2 Å². The van der Waals surface area contributed by atoms with Gasteiger partial charge in [-0.1, -0.05) is 62.7 Å². The average molecular weight is 721 g/mol. The van der Waals surface area contributed by atoms with Crippen LogP contribution in [0.15, 0.2) is 66.2 Å². The van der Waals surface area contributed by atoms with E-state index in [-0.39, 0.29) is 28.7 Å². The van der Waals surface area contributed by atoms with Crippen molar-refractivity contribution in [1.82, 2.24) is 29.4 Å². The van der Waals surface area contributed by atoms with Gasteiger partial charge in [0.15, 0.2) is 17.3 Å². The number of aryl methyl sites for hydroxylation is 1. The number of hydrogen-bond acceptors (Lipinski definition) is 8. The number of halogens is 6. The predicted octanol–water partition coefficient (Wildman–Crippen LogP) is 6.67. The standard InChI is InChI=1S/C33H34ClF5N8O3/c1-31(2,3)17-32(22-8-5-19(6-9-22)21-14-42-45(4)15-21)29(49)46(30(40)44-32)25(16-50-26(48)11-12-33(37,38)39)20-7-10-23(34)24(13-20)47-28(27(35)36)41-18-43-47/h5-10,13-15,18,25,27H,11-12,16-17H2,1-4H3,(H2,40,44)/t25-,32-/m1/s1. The summed E-state index contributed by atoms with van der Waals surface area (Å²) in [6, 6.07) is 10.0. The van der Waals surface area contributed by atoms with Gasteiger partial charge >= 0.3 is 12.1 Å². The average Bonchev–Trinajstić information content (AvgIpc) is 3.75. The fourth-order valence-electron chi connectivity index (χ4n) is 5.87. The summed E-state index contributed by atoms with van der Waals surface area (Å²) in [4.78, 5) is 36.7. The molecule has 0 bridgehead atoms. The molecule has 0 spiro atoms. The van der Waals surface area contributed by atoms with Crippen LogP contribution in [-0.2, 0) is 26.9 Å². The van der Waals surface area contributed by atoms with E-state index in [0.29, 0.717) is 5.56 Å². The molecule has 0 saturated heterocycles. The van der Waals surface area contributed by atoms with Gasteiger partial charge in [-0.25, -0.2) is 23.4 Å². The molecule has 1 aliphatic rings. The van der Waals surface area contributed by atoms with Crippen molar-refractivity contribution < 1.29 is 36.3 Å². The maximum absolute atomic E-state index is 14.8. The Morgan fingerprint density at radius 1 is 1.06 bits per heavy atom.